The molecular formula is C16H23FN2O3. The number of halogens is 1. The zero-order valence-corrected chi connectivity index (χ0v) is 12.8. The normalized spacial score (nSPS) is 17.0. The number of nitrogens with one attached hydrogen (secondary N) is 1. The summed E-state index contributed by atoms with van der Waals surface area (Å²) in [6, 6.07) is 4.28. The Labute approximate surface area is 130 Å². The highest BCUT2D eigenvalue weighted by Crippen LogP contribution is 2.18. The maximum atomic E-state index is 13.6. The van der Waals surface area contributed by atoms with E-state index in [2.05, 4.69) is 5.32 Å². The molecule has 1 unspecified atom stereocenters. The van der Waals surface area contributed by atoms with Crippen molar-refractivity contribution in [2.24, 2.45) is 11.7 Å². The van der Waals surface area contributed by atoms with Crippen molar-refractivity contribution in [1.82, 2.24) is 5.32 Å². The quantitative estimate of drug-likeness (QED) is 0.829. The number of carbonyl (C=O) groups is 1. The number of rotatable bonds is 6. The molecule has 1 fully saturated rings. The van der Waals surface area contributed by atoms with Crippen LogP contribution in [0.3, 0.4) is 0 Å². The van der Waals surface area contributed by atoms with Crippen LogP contribution in [0.25, 0.3) is 0 Å². The van der Waals surface area contributed by atoms with E-state index in [-0.39, 0.29) is 17.6 Å². The lowest BCUT2D eigenvalue weighted by atomic mass is 9.92. The van der Waals surface area contributed by atoms with E-state index in [0.29, 0.717) is 26.2 Å². The number of nitrogens with two attached hydrogens (primary N) is 1. The molecule has 6 heteroatoms. The van der Waals surface area contributed by atoms with E-state index >= 15 is 0 Å². The first-order valence-corrected chi connectivity index (χ1v) is 7.55. The zero-order valence-electron chi connectivity index (χ0n) is 12.8. The van der Waals surface area contributed by atoms with Crippen LogP contribution in [0.5, 0.6) is 5.75 Å². The zero-order chi connectivity index (χ0) is 15.9. The number of benzene rings is 1. The Balaban J connectivity index is 1.77. The third-order valence-corrected chi connectivity index (χ3v) is 4.01. The van der Waals surface area contributed by atoms with Crippen molar-refractivity contribution >= 4 is 5.91 Å². The highest BCUT2D eigenvalue weighted by Gasteiger charge is 2.26. The SMILES string of the molecule is COc1ccc(CCNC(=O)C(N)C2CCOCC2)cc1F. The van der Waals surface area contributed by atoms with Crippen LogP contribution in [-0.4, -0.2) is 38.8 Å². The molecule has 2 rings (SSSR count). The van der Waals surface area contributed by atoms with E-state index in [1.807, 2.05) is 0 Å². The second-order valence-electron chi connectivity index (χ2n) is 5.49. The number of amides is 1. The van der Waals surface area contributed by atoms with Crippen molar-refractivity contribution in [3.63, 3.8) is 0 Å². The van der Waals surface area contributed by atoms with E-state index in [9.17, 15) is 9.18 Å². The van der Waals surface area contributed by atoms with Crippen LogP contribution in [0.2, 0.25) is 0 Å². The molecule has 0 aromatic heterocycles. The van der Waals surface area contributed by atoms with Crippen molar-refractivity contribution in [3.05, 3.63) is 29.6 Å². The molecule has 0 saturated carbocycles. The van der Waals surface area contributed by atoms with E-state index in [1.54, 1.807) is 12.1 Å². The second kappa shape index (κ2) is 8.10. The first kappa shape index (κ1) is 16.7. The van der Waals surface area contributed by atoms with Gasteiger partial charge in [0.25, 0.3) is 0 Å². The van der Waals surface area contributed by atoms with Crippen molar-refractivity contribution in [3.8, 4) is 5.75 Å². The van der Waals surface area contributed by atoms with Gasteiger partial charge in [0.2, 0.25) is 5.91 Å². The lowest BCUT2D eigenvalue weighted by Gasteiger charge is -2.26. The molecule has 1 atom stereocenters. The number of methoxy groups -OCH3 is 1. The molecule has 122 valence electrons. The molecule has 1 aromatic carbocycles. The van der Waals surface area contributed by atoms with Crippen LogP contribution >= 0.6 is 0 Å². The monoisotopic (exact) mass is 310 g/mol. The predicted octanol–water partition coefficient (Wildman–Crippen LogP) is 1.25. The van der Waals surface area contributed by atoms with Crippen molar-refractivity contribution in [2.75, 3.05) is 26.9 Å². The molecule has 0 bridgehead atoms. The second-order valence-corrected chi connectivity index (χ2v) is 5.49. The first-order chi connectivity index (χ1) is 10.6. The summed E-state index contributed by atoms with van der Waals surface area (Å²) in [5, 5.41) is 2.82. The van der Waals surface area contributed by atoms with Crippen LogP contribution in [0, 0.1) is 11.7 Å². The Morgan fingerprint density at radius 2 is 2.23 bits per heavy atom. The predicted molar refractivity (Wildman–Crippen MR) is 81.2 cm³/mol. The van der Waals surface area contributed by atoms with Gasteiger partial charge in [0.15, 0.2) is 11.6 Å². The molecule has 5 nitrogen and oxygen atoms in total. The minimum atomic E-state index is -0.503. The fraction of sp³-hybridized carbons (Fsp3) is 0.562. The number of hydrogen-bond acceptors (Lipinski definition) is 4. The summed E-state index contributed by atoms with van der Waals surface area (Å²) in [5.74, 6) is -0.160. The summed E-state index contributed by atoms with van der Waals surface area (Å²) in [4.78, 5) is 12.0. The Morgan fingerprint density at radius 3 is 2.86 bits per heavy atom. The Bertz CT molecular complexity index is 504. The van der Waals surface area contributed by atoms with Gasteiger partial charge in [-0.3, -0.25) is 4.79 Å². The Hall–Kier alpha value is -1.66. The molecule has 0 aliphatic carbocycles. The fourth-order valence-electron chi connectivity index (χ4n) is 2.60. The van der Waals surface area contributed by atoms with Crippen molar-refractivity contribution in [2.45, 2.75) is 25.3 Å². The summed E-state index contributed by atoms with van der Waals surface area (Å²) in [7, 11) is 1.43. The van der Waals surface area contributed by atoms with Crippen molar-refractivity contribution < 1.29 is 18.7 Å². The number of hydrogen-bond donors (Lipinski definition) is 2. The van der Waals surface area contributed by atoms with Crippen LogP contribution in [-0.2, 0) is 16.0 Å². The first-order valence-electron chi connectivity index (χ1n) is 7.55. The number of carbonyl (C=O) groups excluding carboxylic acids is 1. The molecule has 1 aliphatic rings. The van der Waals surface area contributed by atoms with Crippen LogP contribution in [0.15, 0.2) is 18.2 Å². The summed E-state index contributed by atoms with van der Waals surface area (Å²) >= 11 is 0. The number of ether oxygens (including phenoxy) is 2. The summed E-state index contributed by atoms with van der Waals surface area (Å²) in [5.41, 5.74) is 6.79. The molecule has 1 saturated heterocycles. The minimum Gasteiger partial charge on any atom is -0.494 e. The molecule has 22 heavy (non-hydrogen) atoms. The van der Waals surface area contributed by atoms with Crippen LogP contribution in [0.4, 0.5) is 4.39 Å². The third-order valence-electron chi connectivity index (χ3n) is 4.01. The Morgan fingerprint density at radius 1 is 1.50 bits per heavy atom. The molecular weight excluding hydrogens is 287 g/mol. The molecule has 1 aromatic rings. The molecule has 1 amide bonds. The smallest absolute Gasteiger partial charge is 0.237 e. The summed E-state index contributed by atoms with van der Waals surface area (Å²) < 4.78 is 23.7. The maximum Gasteiger partial charge on any atom is 0.237 e. The lowest BCUT2D eigenvalue weighted by molar-refractivity contribution is -0.124. The third kappa shape index (κ3) is 4.42. The highest BCUT2D eigenvalue weighted by atomic mass is 19.1. The van der Waals surface area contributed by atoms with Gasteiger partial charge in [0, 0.05) is 19.8 Å². The Kier molecular flexibility index (Phi) is 6.15. The average molecular weight is 310 g/mol. The van der Waals surface area contributed by atoms with Gasteiger partial charge in [-0.1, -0.05) is 6.07 Å². The average Bonchev–Trinajstić information content (AvgIpc) is 2.55. The summed E-state index contributed by atoms with van der Waals surface area (Å²) in [6.45, 7) is 1.76. The van der Waals surface area contributed by atoms with E-state index in [1.165, 1.54) is 13.2 Å². The van der Waals surface area contributed by atoms with Gasteiger partial charge in [-0.2, -0.15) is 0 Å². The molecule has 3 N–H and O–H groups in total. The van der Waals surface area contributed by atoms with Crippen LogP contribution < -0.4 is 15.8 Å². The standard InChI is InChI=1S/C16H23FN2O3/c1-21-14-3-2-11(10-13(14)17)4-7-19-16(20)15(18)12-5-8-22-9-6-12/h2-3,10,12,15H,4-9,18H2,1H3,(H,19,20). The lowest BCUT2D eigenvalue weighted by Crippen LogP contribution is -2.47. The largest absolute Gasteiger partial charge is 0.494 e. The topological polar surface area (TPSA) is 73.6 Å². The molecule has 0 spiro atoms. The summed E-state index contributed by atoms with van der Waals surface area (Å²) in [6.07, 6.45) is 2.18. The van der Waals surface area contributed by atoms with Crippen LogP contribution in [0.1, 0.15) is 18.4 Å². The molecule has 1 aliphatic heterocycles. The van der Waals surface area contributed by atoms with Gasteiger partial charge in [0.1, 0.15) is 0 Å². The van der Waals surface area contributed by atoms with E-state index < -0.39 is 11.9 Å². The van der Waals surface area contributed by atoms with Gasteiger partial charge < -0.3 is 20.5 Å². The van der Waals surface area contributed by atoms with Gasteiger partial charge in [-0.05, 0) is 42.9 Å². The molecule has 1 heterocycles. The van der Waals surface area contributed by atoms with Gasteiger partial charge in [0.05, 0.1) is 13.2 Å². The minimum absolute atomic E-state index is 0.152. The van der Waals surface area contributed by atoms with E-state index in [0.717, 1.165) is 18.4 Å². The van der Waals surface area contributed by atoms with Gasteiger partial charge >= 0.3 is 0 Å². The fourth-order valence-corrected chi connectivity index (χ4v) is 2.60. The maximum absolute atomic E-state index is 13.6. The van der Waals surface area contributed by atoms with Crippen molar-refractivity contribution in [1.29, 1.82) is 0 Å². The molecule has 0 radical (unpaired) electrons. The van der Waals surface area contributed by atoms with Gasteiger partial charge in [-0.25, -0.2) is 4.39 Å². The van der Waals surface area contributed by atoms with Gasteiger partial charge in [-0.15, -0.1) is 0 Å². The van der Waals surface area contributed by atoms with E-state index in [4.69, 9.17) is 15.2 Å². The highest BCUT2D eigenvalue weighted by molar-refractivity contribution is 5.81.